The summed E-state index contributed by atoms with van der Waals surface area (Å²) in [4.78, 5) is 14.0. The smallest absolute Gasteiger partial charge is 0.193 e. The molecule has 0 amide bonds. The lowest BCUT2D eigenvalue weighted by Gasteiger charge is -2.35. The van der Waals surface area contributed by atoms with Crippen LogP contribution in [-0.4, -0.2) is 5.78 Å². The molecule has 4 aromatic rings. The first-order valence-corrected chi connectivity index (χ1v) is 16.6. The van der Waals surface area contributed by atoms with Crippen molar-refractivity contribution in [3.05, 3.63) is 117 Å². The van der Waals surface area contributed by atoms with Crippen LogP contribution in [0.15, 0.2) is 72.8 Å². The Balaban J connectivity index is 1.67. The van der Waals surface area contributed by atoms with Crippen molar-refractivity contribution in [1.29, 1.82) is 0 Å². The van der Waals surface area contributed by atoms with Gasteiger partial charge >= 0.3 is 0 Å². The molecule has 0 N–H and O–H groups in total. The molecule has 0 spiro atoms. The van der Waals surface area contributed by atoms with E-state index in [1.54, 1.807) is 0 Å². The van der Waals surface area contributed by atoms with Gasteiger partial charge in [-0.25, -0.2) is 0 Å². The van der Waals surface area contributed by atoms with Crippen LogP contribution in [0.5, 0.6) is 0 Å². The number of ketones is 1. The maximum atomic E-state index is 14.0. The zero-order chi connectivity index (χ0) is 33.5. The highest BCUT2D eigenvalue weighted by Gasteiger charge is 2.37. The van der Waals surface area contributed by atoms with Crippen molar-refractivity contribution in [3.8, 4) is 22.3 Å². The van der Waals surface area contributed by atoms with Gasteiger partial charge in [-0.2, -0.15) is 0 Å². The van der Waals surface area contributed by atoms with Crippen LogP contribution in [0.4, 0.5) is 0 Å². The minimum absolute atomic E-state index is 0.0337. The van der Waals surface area contributed by atoms with Crippen molar-refractivity contribution in [2.24, 2.45) is 0 Å². The number of fused-ring (bicyclic) bond motifs is 2. The molecule has 0 saturated carbocycles. The lowest BCUT2D eigenvalue weighted by Crippen LogP contribution is -2.30. The lowest BCUT2D eigenvalue weighted by atomic mass is 9.67. The second-order valence-corrected chi connectivity index (χ2v) is 18.1. The molecule has 0 saturated heterocycles. The summed E-state index contributed by atoms with van der Waals surface area (Å²) in [5.41, 5.74) is 13.7. The van der Waals surface area contributed by atoms with Crippen LogP contribution >= 0.6 is 0 Å². The predicted octanol–water partition coefficient (Wildman–Crippen LogP) is 12.1. The van der Waals surface area contributed by atoms with Crippen molar-refractivity contribution >= 4 is 5.78 Å². The first kappa shape index (κ1) is 32.9. The molecule has 0 aromatic heterocycles. The molecule has 0 fully saturated rings. The SMILES string of the molecule is CC(C)(C)c1cc(-c2ccc3c(c2)C(C)(C)c2cc(-c4cc(C(C)(C)C)cc(C(C)(C)C)c4)ccc2C3=O)cc(C(C)(C)C)c1. The van der Waals surface area contributed by atoms with Gasteiger partial charge in [-0.1, -0.05) is 158 Å². The summed E-state index contributed by atoms with van der Waals surface area (Å²) in [6, 6.07) is 27.1. The molecule has 1 aliphatic rings. The Bertz CT molecular complexity index is 1600. The van der Waals surface area contributed by atoms with Crippen molar-refractivity contribution in [3.63, 3.8) is 0 Å². The largest absolute Gasteiger partial charge is 0.289 e. The average Bonchev–Trinajstić information content (AvgIpc) is 2.93. The standard InChI is InChI=1S/C44H54O/c1-40(2,3)31-19-29(20-32(25-31)41(4,5)6)27-15-17-35-37(23-27)44(13,14)38-24-28(16-18-36(38)39(35)45)30-21-33(42(7,8)9)26-34(22-30)43(10,11)12/h15-26H,1-14H3. The van der Waals surface area contributed by atoms with Gasteiger partial charge in [0.05, 0.1) is 0 Å². The summed E-state index contributed by atoms with van der Waals surface area (Å²) >= 11 is 0. The first-order chi connectivity index (χ1) is 20.5. The molecular weight excluding hydrogens is 544 g/mol. The van der Waals surface area contributed by atoms with Crippen molar-refractivity contribution in [2.45, 2.75) is 124 Å². The van der Waals surface area contributed by atoms with Crippen LogP contribution in [0.25, 0.3) is 22.3 Å². The zero-order valence-corrected chi connectivity index (χ0v) is 30.3. The van der Waals surface area contributed by atoms with E-state index in [9.17, 15) is 4.79 Å². The molecule has 45 heavy (non-hydrogen) atoms. The summed E-state index contributed by atoms with van der Waals surface area (Å²) in [6.07, 6.45) is 0. The topological polar surface area (TPSA) is 17.1 Å². The Morgan fingerprint density at radius 1 is 0.400 bits per heavy atom. The van der Waals surface area contributed by atoms with Crippen molar-refractivity contribution in [2.75, 3.05) is 0 Å². The van der Waals surface area contributed by atoms with Gasteiger partial charge in [-0.3, -0.25) is 4.79 Å². The first-order valence-electron chi connectivity index (χ1n) is 16.6. The lowest BCUT2D eigenvalue weighted by molar-refractivity contribution is 0.103. The van der Waals surface area contributed by atoms with Crippen LogP contribution < -0.4 is 0 Å². The Morgan fingerprint density at radius 2 is 0.689 bits per heavy atom. The third kappa shape index (κ3) is 6.20. The van der Waals surface area contributed by atoms with E-state index in [1.807, 2.05) is 0 Å². The second kappa shape index (κ2) is 10.5. The van der Waals surface area contributed by atoms with Gasteiger partial charge in [0, 0.05) is 16.5 Å². The minimum atomic E-state index is -0.340. The fourth-order valence-corrected chi connectivity index (χ4v) is 6.49. The molecule has 1 heteroatoms. The molecule has 0 unspecified atom stereocenters. The van der Waals surface area contributed by atoms with Gasteiger partial charge in [-0.15, -0.1) is 0 Å². The highest BCUT2D eigenvalue weighted by atomic mass is 16.1. The summed E-state index contributed by atoms with van der Waals surface area (Å²) in [5, 5.41) is 0. The molecule has 236 valence electrons. The maximum absolute atomic E-state index is 14.0. The number of rotatable bonds is 2. The van der Waals surface area contributed by atoms with E-state index in [2.05, 4.69) is 170 Å². The van der Waals surface area contributed by atoms with Gasteiger partial charge < -0.3 is 0 Å². The Labute approximate surface area is 273 Å². The summed E-state index contributed by atoms with van der Waals surface area (Å²) in [6.45, 7) is 31.9. The fourth-order valence-electron chi connectivity index (χ4n) is 6.49. The van der Waals surface area contributed by atoms with Crippen LogP contribution in [0.1, 0.15) is 146 Å². The summed E-state index contributed by atoms with van der Waals surface area (Å²) in [7, 11) is 0. The summed E-state index contributed by atoms with van der Waals surface area (Å²) < 4.78 is 0. The number of benzene rings is 4. The van der Waals surface area contributed by atoms with E-state index < -0.39 is 0 Å². The zero-order valence-electron chi connectivity index (χ0n) is 30.3. The molecule has 0 aliphatic heterocycles. The van der Waals surface area contributed by atoms with E-state index in [0.29, 0.717) is 0 Å². The average molecular weight is 599 g/mol. The van der Waals surface area contributed by atoms with Gasteiger partial charge in [-0.05, 0) is 89.4 Å². The number of hydrogen-bond acceptors (Lipinski definition) is 1. The summed E-state index contributed by atoms with van der Waals surface area (Å²) in [5.74, 6) is 0.120. The van der Waals surface area contributed by atoms with E-state index in [-0.39, 0.29) is 32.9 Å². The number of carbonyl (C=O) groups excluding carboxylic acids is 1. The van der Waals surface area contributed by atoms with Gasteiger partial charge in [0.2, 0.25) is 0 Å². The van der Waals surface area contributed by atoms with Crippen LogP contribution in [0.3, 0.4) is 0 Å². The van der Waals surface area contributed by atoms with Crippen LogP contribution in [0, 0.1) is 0 Å². The van der Waals surface area contributed by atoms with Crippen LogP contribution in [0.2, 0.25) is 0 Å². The molecule has 0 bridgehead atoms. The molecular formula is C44H54O. The van der Waals surface area contributed by atoms with E-state index in [4.69, 9.17) is 0 Å². The monoisotopic (exact) mass is 598 g/mol. The quantitative estimate of drug-likeness (QED) is 0.224. The van der Waals surface area contributed by atoms with E-state index in [1.165, 1.54) is 44.5 Å². The van der Waals surface area contributed by atoms with E-state index >= 15 is 0 Å². The molecule has 0 radical (unpaired) electrons. The third-order valence-corrected chi connectivity index (χ3v) is 9.87. The number of carbonyl (C=O) groups is 1. The predicted molar refractivity (Wildman–Crippen MR) is 194 cm³/mol. The van der Waals surface area contributed by atoms with Crippen molar-refractivity contribution < 1.29 is 4.79 Å². The molecule has 0 heterocycles. The highest BCUT2D eigenvalue weighted by Crippen LogP contribution is 2.45. The van der Waals surface area contributed by atoms with Crippen LogP contribution in [-0.2, 0) is 27.1 Å². The molecule has 1 aliphatic carbocycles. The molecule has 5 rings (SSSR count). The second-order valence-electron chi connectivity index (χ2n) is 18.1. The van der Waals surface area contributed by atoms with Gasteiger partial charge in [0.1, 0.15) is 0 Å². The van der Waals surface area contributed by atoms with Crippen molar-refractivity contribution in [1.82, 2.24) is 0 Å². The molecule has 4 aromatic carbocycles. The fraction of sp³-hybridized carbons (Fsp3) is 0.432. The number of hydrogen-bond donors (Lipinski definition) is 0. The Morgan fingerprint density at radius 3 is 0.956 bits per heavy atom. The molecule has 0 atom stereocenters. The van der Waals surface area contributed by atoms with Gasteiger partial charge in [0.25, 0.3) is 0 Å². The van der Waals surface area contributed by atoms with Gasteiger partial charge in [0.15, 0.2) is 5.78 Å². The van der Waals surface area contributed by atoms with E-state index in [0.717, 1.165) is 22.3 Å². The third-order valence-electron chi connectivity index (χ3n) is 9.87. The minimum Gasteiger partial charge on any atom is -0.289 e. The Hall–Kier alpha value is -3.45. The Kier molecular flexibility index (Phi) is 7.72. The normalized spacial score (nSPS) is 15.1. The molecule has 1 nitrogen and oxygen atoms in total. The maximum Gasteiger partial charge on any atom is 0.193 e. The highest BCUT2D eigenvalue weighted by molar-refractivity contribution is 6.13.